The van der Waals surface area contributed by atoms with Crippen molar-refractivity contribution in [3.05, 3.63) is 28.5 Å². The van der Waals surface area contributed by atoms with Crippen LogP contribution in [-0.2, 0) is 0 Å². The van der Waals surface area contributed by atoms with Crippen molar-refractivity contribution in [2.45, 2.75) is 31.7 Å². The van der Waals surface area contributed by atoms with E-state index >= 15 is 0 Å². The number of rotatable bonds is 2. The van der Waals surface area contributed by atoms with Crippen LogP contribution in [0, 0.1) is 0 Å². The third-order valence-corrected chi connectivity index (χ3v) is 3.34. The molecule has 3 nitrogen and oxygen atoms in total. The van der Waals surface area contributed by atoms with Gasteiger partial charge in [-0.1, -0.05) is 12.8 Å². The van der Waals surface area contributed by atoms with Crippen molar-refractivity contribution in [2.75, 3.05) is 0 Å². The smallest absolute Gasteiger partial charge is 0.252 e. The molecule has 0 radical (unpaired) electrons. The molecular formula is C11H13BrN2O. The zero-order valence-electron chi connectivity index (χ0n) is 8.37. The average Bonchev–Trinajstić information content (AvgIpc) is 2.71. The van der Waals surface area contributed by atoms with Crippen LogP contribution in [0.25, 0.3) is 0 Å². The summed E-state index contributed by atoms with van der Waals surface area (Å²) in [7, 11) is 0. The minimum Gasteiger partial charge on any atom is -0.349 e. The Labute approximate surface area is 97.4 Å². The molecule has 0 bridgehead atoms. The second kappa shape index (κ2) is 4.75. The van der Waals surface area contributed by atoms with Crippen LogP contribution < -0.4 is 5.32 Å². The molecule has 0 saturated heterocycles. The highest BCUT2D eigenvalue weighted by molar-refractivity contribution is 9.10. The highest BCUT2D eigenvalue weighted by Crippen LogP contribution is 2.19. The Kier molecular flexibility index (Phi) is 3.36. The van der Waals surface area contributed by atoms with E-state index in [0.717, 1.165) is 17.3 Å². The predicted molar refractivity (Wildman–Crippen MR) is 61.7 cm³/mol. The summed E-state index contributed by atoms with van der Waals surface area (Å²) in [6, 6.07) is 2.09. The number of amides is 1. The molecule has 4 heteroatoms. The summed E-state index contributed by atoms with van der Waals surface area (Å²) < 4.78 is 0.750. The summed E-state index contributed by atoms with van der Waals surface area (Å²) in [5, 5.41) is 3.04. The molecule has 1 aliphatic carbocycles. The van der Waals surface area contributed by atoms with Crippen molar-refractivity contribution in [1.29, 1.82) is 0 Å². The Hall–Kier alpha value is -0.900. The van der Waals surface area contributed by atoms with Gasteiger partial charge < -0.3 is 5.32 Å². The molecule has 0 unspecified atom stereocenters. The van der Waals surface area contributed by atoms with E-state index in [1.54, 1.807) is 18.5 Å². The average molecular weight is 269 g/mol. The van der Waals surface area contributed by atoms with Crippen LogP contribution in [0.4, 0.5) is 0 Å². The van der Waals surface area contributed by atoms with Crippen molar-refractivity contribution < 1.29 is 4.79 Å². The number of carbonyl (C=O) groups excluding carboxylic acids is 1. The molecule has 1 saturated carbocycles. The third kappa shape index (κ3) is 2.56. The summed E-state index contributed by atoms with van der Waals surface area (Å²) >= 11 is 3.32. The summed E-state index contributed by atoms with van der Waals surface area (Å²) in [5.74, 6) is -0.00354. The van der Waals surface area contributed by atoms with E-state index in [1.165, 1.54) is 12.8 Å². The fourth-order valence-electron chi connectivity index (χ4n) is 1.89. The van der Waals surface area contributed by atoms with Crippen LogP contribution >= 0.6 is 15.9 Å². The van der Waals surface area contributed by atoms with Gasteiger partial charge in [0.05, 0.1) is 5.56 Å². The first-order valence-corrected chi connectivity index (χ1v) is 5.97. The van der Waals surface area contributed by atoms with Crippen LogP contribution in [0.5, 0.6) is 0 Å². The van der Waals surface area contributed by atoms with Crippen LogP contribution in [0.1, 0.15) is 36.0 Å². The predicted octanol–water partition coefficient (Wildman–Crippen LogP) is 2.52. The number of pyridine rings is 1. The van der Waals surface area contributed by atoms with Gasteiger partial charge in [-0.25, -0.2) is 0 Å². The van der Waals surface area contributed by atoms with Crippen LogP contribution in [0.15, 0.2) is 22.9 Å². The van der Waals surface area contributed by atoms with Crippen molar-refractivity contribution in [1.82, 2.24) is 10.3 Å². The number of nitrogens with one attached hydrogen (secondary N) is 1. The Morgan fingerprint density at radius 3 is 2.87 bits per heavy atom. The molecule has 0 aromatic carbocycles. The number of carbonyl (C=O) groups is 1. The van der Waals surface area contributed by atoms with Gasteiger partial charge in [0.25, 0.3) is 5.91 Å². The molecule has 1 N–H and O–H groups in total. The molecule has 1 aromatic rings. The maximum atomic E-state index is 11.9. The monoisotopic (exact) mass is 268 g/mol. The fourth-order valence-corrected chi connectivity index (χ4v) is 2.32. The maximum absolute atomic E-state index is 11.9. The van der Waals surface area contributed by atoms with Gasteiger partial charge in [-0.3, -0.25) is 9.78 Å². The van der Waals surface area contributed by atoms with Crippen molar-refractivity contribution in [3.63, 3.8) is 0 Å². The van der Waals surface area contributed by atoms with Gasteiger partial charge >= 0.3 is 0 Å². The second-order valence-electron chi connectivity index (χ2n) is 3.81. The molecule has 0 spiro atoms. The topological polar surface area (TPSA) is 42.0 Å². The molecule has 80 valence electrons. The highest BCUT2D eigenvalue weighted by atomic mass is 79.9. The Morgan fingerprint density at radius 1 is 1.47 bits per heavy atom. The first kappa shape index (κ1) is 10.6. The highest BCUT2D eigenvalue weighted by Gasteiger charge is 2.18. The molecule has 1 fully saturated rings. The zero-order valence-corrected chi connectivity index (χ0v) is 9.96. The molecular weight excluding hydrogens is 256 g/mol. The molecule has 1 heterocycles. The van der Waals surface area contributed by atoms with Crippen LogP contribution in [0.3, 0.4) is 0 Å². The molecule has 0 atom stereocenters. The normalized spacial score (nSPS) is 16.6. The minimum atomic E-state index is -0.00354. The first-order valence-electron chi connectivity index (χ1n) is 5.18. The molecule has 1 aromatic heterocycles. The van der Waals surface area contributed by atoms with Gasteiger partial charge in [0, 0.05) is 22.9 Å². The number of nitrogens with zero attached hydrogens (tertiary/aromatic N) is 1. The lowest BCUT2D eigenvalue weighted by atomic mass is 10.2. The maximum Gasteiger partial charge on any atom is 0.252 e. The Bertz CT molecular complexity index is 361. The molecule has 15 heavy (non-hydrogen) atoms. The van der Waals surface area contributed by atoms with E-state index in [2.05, 4.69) is 26.2 Å². The van der Waals surface area contributed by atoms with Crippen LogP contribution in [0.2, 0.25) is 0 Å². The molecule has 2 rings (SSSR count). The second-order valence-corrected chi connectivity index (χ2v) is 4.66. The van der Waals surface area contributed by atoms with E-state index in [4.69, 9.17) is 0 Å². The summed E-state index contributed by atoms with van der Waals surface area (Å²) in [4.78, 5) is 15.8. The van der Waals surface area contributed by atoms with E-state index in [9.17, 15) is 4.79 Å². The standard InChI is InChI=1S/C11H13BrN2O/c12-10-7-13-6-5-9(10)11(15)14-8-3-1-2-4-8/h5-8H,1-4H2,(H,14,15). The summed E-state index contributed by atoms with van der Waals surface area (Å²) in [6.07, 6.45) is 7.94. The summed E-state index contributed by atoms with van der Waals surface area (Å²) in [6.45, 7) is 0. The number of halogens is 1. The van der Waals surface area contributed by atoms with E-state index in [-0.39, 0.29) is 5.91 Å². The van der Waals surface area contributed by atoms with Gasteiger partial charge in [-0.05, 0) is 34.8 Å². The number of hydrogen-bond acceptors (Lipinski definition) is 2. The molecule has 0 aliphatic heterocycles. The van der Waals surface area contributed by atoms with Gasteiger partial charge in [0.15, 0.2) is 0 Å². The number of aromatic nitrogens is 1. The lowest BCUT2D eigenvalue weighted by Crippen LogP contribution is -2.32. The van der Waals surface area contributed by atoms with E-state index < -0.39 is 0 Å². The third-order valence-electron chi connectivity index (χ3n) is 2.71. The molecule has 1 aliphatic rings. The number of hydrogen-bond donors (Lipinski definition) is 1. The van der Waals surface area contributed by atoms with Gasteiger partial charge in [0.2, 0.25) is 0 Å². The SMILES string of the molecule is O=C(NC1CCCC1)c1ccncc1Br. The van der Waals surface area contributed by atoms with Gasteiger partial charge in [-0.15, -0.1) is 0 Å². The van der Waals surface area contributed by atoms with Crippen LogP contribution in [-0.4, -0.2) is 16.9 Å². The quantitative estimate of drug-likeness (QED) is 0.896. The summed E-state index contributed by atoms with van der Waals surface area (Å²) in [5.41, 5.74) is 0.664. The Balaban J connectivity index is 2.04. The van der Waals surface area contributed by atoms with E-state index in [1.807, 2.05) is 0 Å². The zero-order chi connectivity index (χ0) is 10.7. The first-order chi connectivity index (χ1) is 7.27. The largest absolute Gasteiger partial charge is 0.349 e. The lowest BCUT2D eigenvalue weighted by Gasteiger charge is -2.12. The molecule has 1 amide bonds. The van der Waals surface area contributed by atoms with Crippen molar-refractivity contribution in [3.8, 4) is 0 Å². The van der Waals surface area contributed by atoms with Crippen molar-refractivity contribution >= 4 is 21.8 Å². The lowest BCUT2D eigenvalue weighted by molar-refractivity contribution is 0.0937. The fraction of sp³-hybridized carbons (Fsp3) is 0.455. The Morgan fingerprint density at radius 2 is 2.20 bits per heavy atom. The van der Waals surface area contributed by atoms with E-state index in [0.29, 0.717) is 11.6 Å². The minimum absolute atomic E-state index is 0.00354. The van der Waals surface area contributed by atoms with Gasteiger partial charge in [-0.2, -0.15) is 0 Å². The van der Waals surface area contributed by atoms with Gasteiger partial charge in [0.1, 0.15) is 0 Å². The van der Waals surface area contributed by atoms with Crippen molar-refractivity contribution in [2.24, 2.45) is 0 Å².